The van der Waals surface area contributed by atoms with Crippen molar-refractivity contribution in [2.24, 2.45) is 5.92 Å². The molecule has 27 heavy (non-hydrogen) atoms. The second-order valence-electron chi connectivity index (χ2n) is 7.24. The number of likely N-dealkylation sites (tertiary alicyclic amines) is 1. The number of carbonyl (C=O) groups excluding carboxylic acids is 1. The number of fused-ring (bicyclic) bond motifs is 1. The lowest BCUT2D eigenvalue weighted by atomic mass is 9.76. The molecule has 6 heteroatoms. The molecule has 1 heterocycles. The van der Waals surface area contributed by atoms with Crippen molar-refractivity contribution >= 4 is 18.0 Å². The Morgan fingerprint density at radius 2 is 1.81 bits per heavy atom. The highest BCUT2D eigenvalue weighted by Crippen LogP contribution is 2.38. The minimum absolute atomic E-state index is 0.0381. The first-order chi connectivity index (χ1) is 13.0. The summed E-state index contributed by atoms with van der Waals surface area (Å²) in [7, 11) is 3.13. The van der Waals surface area contributed by atoms with E-state index in [1.165, 1.54) is 12.5 Å². The standard InChI is InChI=1S/C21H27NO5/c1-26-18-11-7-14(13-19(18)27-2)8-12-20(23)22-16-6-4-3-5-15(16)9-10-17(22)21(24)25/h7-8,11-13,15-17H,3-6,9-10H2,1-2H3,(H,24,25). The number of piperidine rings is 1. The van der Waals surface area contributed by atoms with Crippen molar-refractivity contribution in [1.29, 1.82) is 0 Å². The number of amides is 1. The third kappa shape index (κ3) is 4.10. The van der Waals surface area contributed by atoms with E-state index in [9.17, 15) is 14.7 Å². The van der Waals surface area contributed by atoms with Gasteiger partial charge in [-0.2, -0.15) is 0 Å². The van der Waals surface area contributed by atoms with Gasteiger partial charge in [0.1, 0.15) is 6.04 Å². The van der Waals surface area contributed by atoms with Crippen molar-refractivity contribution in [3.05, 3.63) is 29.8 Å². The van der Waals surface area contributed by atoms with Crippen LogP contribution in [0.15, 0.2) is 24.3 Å². The van der Waals surface area contributed by atoms with E-state index in [0.29, 0.717) is 23.8 Å². The Bertz CT molecular complexity index is 729. The summed E-state index contributed by atoms with van der Waals surface area (Å²) in [5.74, 6) is 0.488. The minimum atomic E-state index is -0.910. The minimum Gasteiger partial charge on any atom is -0.493 e. The van der Waals surface area contributed by atoms with E-state index in [2.05, 4.69) is 0 Å². The zero-order valence-electron chi connectivity index (χ0n) is 15.9. The Labute approximate surface area is 159 Å². The summed E-state index contributed by atoms with van der Waals surface area (Å²) in [5, 5.41) is 9.61. The molecule has 1 saturated heterocycles. The molecule has 1 saturated carbocycles. The molecule has 146 valence electrons. The van der Waals surface area contributed by atoms with E-state index in [4.69, 9.17) is 9.47 Å². The lowest BCUT2D eigenvalue weighted by Gasteiger charge is -2.46. The lowest BCUT2D eigenvalue weighted by Crippen LogP contribution is -2.57. The molecule has 1 aliphatic carbocycles. The Morgan fingerprint density at radius 1 is 1.07 bits per heavy atom. The van der Waals surface area contributed by atoms with Gasteiger partial charge in [-0.05, 0) is 55.4 Å². The van der Waals surface area contributed by atoms with Gasteiger partial charge in [-0.3, -0.25) is 4.79 Å². The molecule has 1 aromatic carbocycles. The summed E-state index contributed by atoms with van der Waals surface area (Å²) in [6.07, 6.45) is 8.81. The van der Waals surface area contributed by atoms with Gasteiger partial charge < -0.3 is 19.5 Å². The Balaban J connectivity index is 1.81. The predicted molar refractivity (Wildman–Crippen MR) is 102 cm³/mol. The van der Waals surface area contributed by atoms with Crippen LogP contribution < -0.4 is 9.47 Å². The number of rotatable bonds is 5. The van der Waals surface area contributed by atoms with E-state index in [1.807, 2.05) is 6.07 Å². The van der Waals surface area contributed by atoms with Gasteiger partial charge in [0, 0.05) is 12.1 Å². The zero-order valence-corrected chi connectivity index (χ0v) is 15.9. The first kappa shape index (κ1) is 19.3. The highest BCUT2D eigenvalue weighted by atomic mass is 16.5. The number of nitrogens with zero attached hydrogens (tertiary/aromatic N) is 1. The number of carboxylic acid groups (broad SMARTS) is 1. The summed E-state index contributed by atoms with van der Waals surface area (Å²) in [4.78, 5) is 26.3. The summed E-state index contributed by atoms with van der Waals surface area (Å²) in [5.41, 5.74) is 0.796. The number of carboxylic acids is 1. The smallest absolute Gasteiger partial charge is 0.326 e. The largest absolute Gasteiger partial charge is 0.493 e. The molecule has 3 atom stereocenters. The highest BCUT2D eigenvalue weighted by Gasteiger charge is 2.43. The number of carbonyl (C=O) groups is 2. The SMILES string of the molecule is COc1ccc(C=CC(=O)N2C(C(=O)O)CCC3CCCCC32)cc1OC. The molecule has 0 bridgehead atoms. The highest BCUT2D eigenvalue weighted by molar-refractivity contribution is 5.95. The molecule has 0 radical (unpaired) electrons. The lowest BCUT2D eigenvalue weighted by molar-refractivity contribution is -0.155. The van der Waals surface area contributed by atoms with Crippen LogP contribution in [0, 0.1) is 5.92 Å². The van der Waals surface area contributed by atoms with Crippen molar-refractivity contribution in [3.8, 4) is 11.5 Å². The molecule has 3 rings (SSSR count). The van der Waals surface area contributed by atoms with Crippen LogP contribution in [0.3, 0.4) is 0 Å². The fourth-order valence-electron chi connectivity index (χ4n) is 4.40. The van der Waals surface area contributed by atoms with E-state index in [-0.39, 0.29) is 11.9 Å². The quantitative estimate of drug-likeness (QED) is 0.801. The first-order valence-electron chi connectivity index (χ1n) is 9.50. The number of ether oxygens (including phenoxy) is 2. The first-order valence-corrected chi connectivity index (χ1v) is 9.50. The van der Waals surface area contributed by atoms with Crippen molar-refractivity contribution in [2.75, 3.05) is 14.2 Å². The molecule has 1 N–H and O–H groups in total. The average Bonchev–Trinajstić information content (AvgIpc) is 2.70. The Morgan fingerprint density at radius 3 is 2.52 bits per heavy atom. The van der Waals surface area contributed by atoms with Gasteiger partial charge in [0.2, 0.25) is 5.91 Å². The van der Waals surface area contributed by atoms with E-state index < -0.39 is 12.0 Å². The van der Waals surface area contributed by atoms with Crippen molar-refractivity contribution in [3.63, 3.8) is 0 Å². The van der Waals surface area contributed by atoms with Crippen LogP contribution in [0.2, 0.25) is 0 Å². The van der Waals surface area contributed by atoms with Gasteiger partial charge in [-0.25, -0.2) is 4.79 Å². The van der Waals surface area contributed by atoms with Crippen LogP contribution in [-0.2, 0) is 9.59 Å². The fourth-order valence-corrected chi connectivity index (χ4v) is 4.40. The number of hydrogen-bond donors (Lipinski definition) is 1. The topological polar surface area (TPSA) is 76.1 Å². The van der Waals surface area contributed by atoms with Gasteiger partial charge >= 0.3 is 5.97 Å². The van der Waals surface area contributed by atoms with Crippen molar-refractivity contribution < 1.29 is 24.2 Å². The van der Waals surface area contributed by atoms with Gasteiger partial charge in [0.15, 0.2) is 11.5 Å². The average molecular weight is 373 g/mol. The molecule has 3 unspecified atom stereocenters. The molecule has 0 aromatic heterocycles. The maximum absolute atomic E-state index is 12.9. The summed E-state index contributed by atoms with van der Waals surface area (Å²) >= 11 is 0. The molecule has 1 aliphatic heterocycles. The molecule has 0 spiro atoms. The van der Waals surface area contributed by atoms with Crippen LogP contribution >= 0.6 is 0 Å². The van der Waals surface area contributed by atoms with Gasteiger partial charge in [-0.1, -0.05) is 18.9 Å². The molecular formula is C21H27NO5. The van der Waals surface area contributed by atoms with Crippen LogP contribution in [-0.4, -0.2) is 48.2 Å². The third-order valence-corrected chi connectivity index (χ3v) is 5.74. The number of hydrogen-bond acceptors (Lipinski definition) is 4. The van der Waals surface area contributed by atoms with Crippen molar-refractivity contribution in [1.82, 2.24) is 4.90 Å². The summed E-state index contributed by atoms with van der Waals surface area (Å²) < 4.78 is 10.5. The monoisotopic (exact) mass is 373 g/mol. The summed E-state index contributed by atoms with van der Waals surface area (Å²) in [6, 6.07) is 4.71. The second-order valence-corrected chi connectivity index (χ2v) is 7.24. The molecule has 2 aliphatic rings. The van der Waals surface area contributed by atoms with Gasteiger partial charge in [-0.15, -0.1) is 0 Å². The number of methoxy groups -OCH3 is 2. The molecule has 1 amide bonds. The molecule has 1 aromatic rings. The van der Waals surface area contributed by atoms with Crippen LogP contribution in [0.25, 0.3) is 6.08 Å². The van der Waals surface area contributed by atoms with Crippen LogP contribution in [0.4, 0.5) is 0 Å². The summed E-state index contributed by atoms with van der Waals surface area (Å²) in [6.45, 7) is 0. The van der Waals surface area contributed by atoms with E-state index in [1.54, 1.807) is 37.3 Å². The Kier molecular flexibility index (Phi) is 6.04. The molecule has 2 fully saturated rings. The molecule has 6 nitrogen and oxygen atoms in total. The van der Waals surface area contributed by atoms with E-state index >= 15 is 0 Å². The normalized spacial score (nSPS) is 25.1. The maximum atomic E-state index is 12.9. The van der Waals surface area contributed by atoms with Crippen LogP contribution in [0.1, 0.15) is 44.1 Å². The van der Waals surface area contributed by atoms with Gasteiger partial charge in [0.25, 0.3) is 0 Å². The maximum Gasteiger partial charge on any atom is 0.326 e. The van der Waals surface area contributed by atoms with Crippen molar-refractivity contribution in [2.45, 2.75) is 50.6 Å². The second kappa shape index (κ2) is 8.46. The number of benzene rings is 1. The van der Waals surface area contributed by atoms with Crippen LogP contribution in [0.5, 0.6) is 11.5 Å². The third-order valence-electron chi connectivity index (χ3n) is 5.74. The zero-order chi connectivity index (χ0) is 19.4. The Hall–Kier alpha value is -2.50. The van der Waals surface area contributed by atoms with E-state index in [0.717, 1.165) is 31.2 Å². The number of aliphatic carboxylic acids is 1. The predicted octanol–water partition coefficient (Wildman–Crippen LogP) is 3.35. The van der Waals surface area contributed by atoms with Gasteiger partial charge in [0.05, 0.1) is 14.2 Å². The molecular weight excluding hydrogens is 346 g/mol. The fraction of sp³-hybridized carbons (Fsp3) is 0.524.